The molecule has 1 fully saturated rings. The van der Waals surface area contributed by atoms with Gasteiger partial charge in [-0.3, -0.25) is 4.90 Å². The average molecular weight is 254 g/mol. The molecular formula is C14H20F2N2. The summed E-state index contributed by atoms with van der Waals surface area (Å²) in [6.07, 6.45) is 0.188. The minimum absolute atomic E-state index is 0.777. The molecule has 2 rings (SSSR count). The van der Waals surface area contributed by atoms with Crippen LogP contribution in [0.1, 0.15) is 25.3 Å². The van der Waals surface area contributed by atoms with E-state index in [4.69, 9.17) is 0 Å². The summed E-state index contributed by atoms with van der Waals surface area (Å²) in [4.78, 5) is 2.40. The van der Waals surface area contributed by atoms with Crippen LogP contribution in [0.2, 0.25) is 0 Å². The van der Waals surface area contributed by atoms with E-state index in [0.717, 1.165) is 25.3 Å². The Morgan fingerprint density at radius 1 is 1.28 bits per heavy atom. The maximum Gasteiger partial charge on any atom is 0.258 e. The average Bonchev–Trinajstić information content (AvgIpc) is 2.82. The Labute approximate surface area is 107 Å². The van der Waals surface area contributed by atoms with Crippen LogP contribution in [-0.2, 0) is 6.54 Å². The quantitative estimate of drug-likeness (QED) is 0.867. The van der Waals surface area contributed by atoms with Crippen LogP contribution in [0.15, 0.2) is 24.3 Å². The SMILES string of the molecule is CC(Nc1cccc(CN2CCCC2)c1)C(F)F. The van der Waals surface area contributed by atoms with E-state index in [1.165, 1.54) is 25.3 Å². The lowest BCUT2D eigenvalue weighted by atomic mass is 10.2. The molecule has 0 amide bonds. The van der Waals surface area contributed by atoms with Gasteiger partial charge in [-0.05, 0) is 50.6 Å². The number of hydrogen-bond donors (Lipinski definition) is 1. The van der Waals surface area contributed by atoms with Crippen molar-refractivity contribution in [3.8, 4) is 0 Å². The van der Waals surface area contributed by atoms with Crippen LogP contribution < -0.4 is 5.32 Å². The Bertz CT molecular complexity index is 357. The standard InChI is InChI=1S/C14H20F2N2/c1-11(14(15)16)17-13-6-4-5-12(9-13)10-18-7-2-3-8-18/h4-6,9,11,14,17H,2-3,7-8,10H2,1H3. The summed E-state index contributed by atoms with van der Waals surface area (Å²) >= 11 is 0. The molecule has 100 valence electrons. The fraction of sp³-hybridized carbons (Fsp3) is 0.571. The summed E-state index contributed by atoms with van der Waals surface area (Å²) in [7, 11) is 0. The van der Waals surface area contributed by atoms with Gasteiger partial charge in [0.25, 0.3) is 6.43 Å². The van der Waals surface area contributed by atoms with E-state index in [1.807, 2.05) is 18.2 Å². The maximum atomic E-state index is 12.5. The van der Waals surface area contributed by atoms with Crippen molar-refractivity contribution in [3.63, 3.8) is 0 Å². The summed E-state index contributed by atoms with van der Waals surface area (Å²) in [5.41, 5.74) is 1.96. The van der Waals surface area contributed by atoms with Gasteiger partial charge in [0.2, 0.25) is 0 Å². The summed E-state index contributed by atoms with van der Waals surface area (Å²) in [5.74, 6) is 0. The van der Waals surface area contributed by atoms with Crippen LogP contribution in [-0.4, -0.2) is 30.5 Å². The van der Waals surface area contributed by atoms with Gasteiger partial charge in [-0.1, -0.05) is 12.1 Å². The molecule has 0 aliphatic carbocycles. The third-order valence-corrected chi connectivity index (χ3v) is 3.30. The van der Waals surface area contributed by atoms with Crippen LogP contribution in [0.4, 0.5) is 14.5 Å². The highest BCUT2D eigenvalue weighted by Gasteiger charge is 2.15. The van der Waals surface area contributed by atoms with Gasteiger partial charge in [0.15, 0.2) is 0 Å². The molecule has 1 unspecified atom stereocenters. The predicted molar refractivity (Wildman–Crippen MR) is 70.0 cm³/mol. The fourth-order valence-electron chi connectivity index (χ4n) is 2.28. The molecule has 1 aliphatic heterocycles. The Morgan fingerprint density at radius 3 is 2.67 bits per heavy atom. The molecule has 18 heavy (non-hydrogen) atoms. The predicted octanol–water partition coefficient (Wildman–Crippen LogP) is 3.35. The highest BCUT2D eigenvalue weighted by atomic mass is 19.3. The van der Waals surface area contributed by atoms with Crippen molar-refractivity contribution in [3.05, 3.63) is 29.8 Å². The molecule has 0 spiro atoms. The topological polar surface area (TPSA) is 15.3 Å². The second-order valence-corrected chi connectivity index (χ2v) is 4.95. The number of hydrogen-bond acceptors (Lipinski definition) is 2. The number of nitrogens with zero attached hydrogens (tertiary/aromatic N) is 1. The molecule has 0 aromatic heterocycles. The Kier molecular flexibility index (Phi) is 4.53. The number of likely N-dealkylation sites (tertiary alicyclic amines) is 1. The van der Waals surface area contributed by atoms with Crippen molar-refractivity contribution in [2.24, 2.45) is 0 Å². The first-order chi connectivity index (χ1) is 8.65. The van der Waals surface area contributed by atoms with E-state index in [1.54, 1.807) is 0 Å². The highest BCUT2D eigenvalue weighted by Crippen LogP contribution is 2.17. The van der Waals surface area contributed by atoms with Crippen LogP contribution in [0, 0.1) is 0 Å². The van der Waals surface area contributed by atoms with Gasteiger partial charge in [-0.2, -0.15) is 0 Å². The van der Waals surface area contributed by atoms with Gasteiger partial charge in [0.05, 0.1) is 6.04 Å². The molecule has 1 saturated heterocycles. The smallest absolute Gasteiger partial charge is 0.258 e. The van der Waals surface area contributed by atoms with Gasteiger partial charge in [-0.15, -0.1) is 0 Å². The van der Waals surface area contributed by atoms with E-state index < -0.39 is 12.5 Å². The molecule has 0 radical (unpaired) electrons. The lowest BCUT2D eigenvalue weighted by Gasteiger charge is -2.17. The van der Waals surface area contributed by atoms with E-state index >= 15 is 0 Å². The molecule has 4 heteroatoms. The minimum atomic E-state index is -2.34. The fourth-order valence-corrected chi connectivity index (χ4v) is 2.28. The summed E-state index contributed by atoms with van der Waals surface area (Å²) < 4.78 is 24.9. The van der Waals surface area contributed by atoms with Crippen LogP contribution in [0.5, 0.6) is 0 Å². The van der Waals surface area contributed by atoms with E-state index in [9.17, 15) is 8.78 Å². The molecule has 2 nitrogen and oxygen atoms in total. The van der Waals surface area contributed by atoms with Crippen molar-refractivity contribution in [2.75, 3.05) is 18.4 Å². The van der Waals surface area contributed by atoms with Gasteiger partial charge in [-0.25, -0.2) is 8.78 Å². The van der Waals surface area contributed by atoms with Crippen molar-refractivity contribution in [1.82, 2.24) is 4.90 Å². The molecule has 0 bridgehead atoms. The van der Waals surface area contributed by atoms with Crippen molar-refractivity contribution in [1.29, 1.82) is 0 Å². The maximum absolute atomic E-state index is 12.5. The first-order valence-electron chi connectivity index (χ1n) is 6.51. The zero-order valence-electron chi connectivity index (χ0n) is 10.7. The molecule has 1 aromatic carbocycles. The zero-order valence-corrected chi connectivity index (χ0v) is 10.7. The Morgan fingerprint density at radius 2 is 2.00 bits per heavy atom. The summed E-state index contributed by atoms with van der Waals surface area (Å²) in [5, 5.41) is 2.84. The minimum Gasteiger partial charge on any atom is -0.377 e. The Hall–Kier alpha value is -1.16. The first kappa shape index (κ1) is 13.3. The molecule has 1 atom stereocenters. The summed E-state index contributed by atoms with van der Waals surface area (Å²) in [6.45, 7) is 4.70. The number of halogens is 2. The molecule has 0 saturated carbocycles. The first-order valence-corrected chi connectivity index (χ1v) is 6.51. The number of rotatable bonds is 5. The van der Waals surface area contributed by atoms with E-state index in [0.29, 0.717) is 0 Å². The molecular weight excluding hydrogens is 234 g/mol. The lowest BCUT2D eigenvalue weighted by Crippen LogP contribution is -2.24. The van der Waals surface area contributed by atoms with Gasteiger partial charge >= 0.3 is 0 Å². The van der Waals surface area contributed by atoms with Gasteiger partial charge in [0, 0.05) is 12.2 Å². The number of nitrogens with one attached hydrogen (secondary N) is 1. The van der Waals surface area contributed by atoms with Crippen LogP contribution in [0.3, 0.4) is 0 Å². The van der Waals surface area contributed by atoms with Crippen LogP contribution >= 0.6 is 0 Å². The van der Waals surface area contributed by atoms with Crippen molar-refractivity contribution in [2.45, 2.75) is 38.8 Å². The third-order valence-electron chi connectivity index (χ3n) is 3.30. The largest absolute Gasteiger partial charge is 0.377 e. The van der Waals surface area contributed by atoms with Crippen LogP contribution in [0.25, 0.3) is 0 Å². The Balaban J connectivity index is 1.96. The number of benzene rings is 1. The van der Waals surface area contributed by atoms with E-state index in [2.05, 4.69) is 16.3 Å². The second-order valence-electron chi connectivity index (χ2n) is 4.95. The highest BCUT2D eigenvalue weighted by molar-refractivity contribution is 5.46. The monoisotopic (exact) mass is 254 g/mol. The number of alkyl halides is 2. The second kappa shape index (κ2) is 6.14. The lowest BCUT2D eigenvalue weighted by molar-refractivity contribution is 0.130. The molecule has 1 N–H and O–H groups in total. The summed E-state index contributed by atoms with van der Waals surface area (Å²) in [6, 6.07) is 6.97. The molecule has 1 aliphatic rings. The number of anilines is 1. The normalized spacial score (nSPS) is 18.2. The zero-order chi connectivity index (χ0) is 13.0. The van der Waals surface area contributed by atoms with Crippen molar-refractivity contribution < 1.29 is 8.78 Å². The van der Waals surface area contributed by atoms with E-state index in [-0.39, 0.29) is 0 Å². The van der Waals surface area contributed by atoms with Crippen molar-refractivity contribution >= 4 is 5.69 Å². The third kappa shape index (κ3) is 3.67. The van der Waals surface area contributed by atoms with Gasteiger partial charge < -0.3 is 5.32 Å². The molecule has 1 aromatic rings. The molecule has 1 heterocycles. The van der Waals surface area contributed by atoms with Gasteiger partial charge in [0.1, 0.15) is 0 Å².